The van der Waals surface area contributed by atoms with Crippen molar-refractivity contribution in [3.63, 3.8) is 0 Å². The summed E-state index contributed by atoms with van der Waals surface area (Å²) in [6.45, 7) is 3.24. The average molecular weight is 969 g/mol. The highest BCUT2D eigenvalue weighted by molar-refractivity contribution is 7.92. The molecule has 0 aliphatic rings. The average Bonchev–Trinajstić information content (AvgIpc) is 3.95. The summed E-state index contributed by atoms with van der Waals surface area (Å²) in [5, 5.41) is 25.6. The van der Waals surface area contributed by atoms with Gasteiger partial charge in [-0.05, 0) is 102 Å². The van der Waals surface area contributed by atoms with E-state index in [2.05, 4.69) is 35.5 Å². The summed E-state index contributed by atoms with van der Waals surface area (Å²) in [5.41, 5.74) is 8.28. The molecule has 7 rings (SSSR count). The molecule has 20 nitrogen and oxygen atoms in total. The lowest BCUT2D eigenvalue weighted by Gasteiger charge is -2.27. The number of hydrogen-bond acceptors (Lipinski definition) is 15. The Labute approximate surface area is 393 Å². The second-order valence-corrected chi connectivity index (χ2v) is 20.1. The first-order valence-electron chi connectivity index (χ1n) is 21.1. The highest BCUT2D eigenvalue weighted by Crippen LogP contribution is 2.43. The van der Waals surface area contributed by atoms with Gasteiger partial charge in [-0.25, -0.2) is 36.0 Å². The topological polar surface area (TPSA) is 268 Å². The predicted octanol–water partition coefficient (Wildman–Crippen LogP) is 5.09. The third-order valence-electron chi connectivity index (χ3n) is 10.5. The van der Waals surface area contributed by atoms with Crippen LogP contribution >= 0.6 is 0 Å². The number of nitrogens with one attached hydrogen (secondary N) is 3. The van der Waals surface area contributed by atoms with Gasteiger partial charge >= 0.3 is 6.09 Å². The van der Waals surface area contributed by atoms with Crippen molar-refractivity contribution in [1.29, 1.82) is 0 Å². The Balaban J connectivity index is 1.51. The molecule has 0 saturated carbocycles. The number of aromatic nitrogens is 6. The van der Waals surface area contributed by atoms with E-state index < -0.39 is 60.7 Å². The van der Waals surface area contributed by atoms with Crippen LogP contribution in [0.25, 0.3) is 33.5 Å². The number of carbonyl (C=O) groups is 1. The molecule has 0 aliphatic carbocycles. The van der Waals surface area contributed by atoms with Crippen molar-refractivity contribution in [2.45, 2.75) is 61.8 Å². The SMILES string of the molecule is COc1ccc(CN(Cc2ccc(OC)cc2)S(=O)(=O)c2c(S(=O)(=O)NC(CO)CNC(=O)OC(C)(C)C)ccc(-c3cccc4[nH]c(N)nc34)c2-c2nnnn2Cc2ccc(OC)cc2)cc1. The first-order valence-corrected chi connectivity index (χ1v) is 24.0. The summed E-state index contributed by atoms with van der Waals surface area (Å²) < 4.78 is 88.9. The van der Waals surface area contributed by atoms with E-state index in [1.165, 1.54) is 32.1 Å². The lowest BCUT2D eigenvalue weighted by atomic mass is 9.97. The van der Waals surface area contributed by atoms with Crippen LogP contribution in [-0.4, -0.2) is 109 Å². The van der Waals surface area contributed by atoms with Crippen LogP contribution in [0.5, 0.6) is 17.2 Å². The lowest BCUT2D eigenvalue weighted by Crippen LogP contribution is -2.47. The maximum absolute atomic E-state index is 16.2. The zero-order valence-corrected chi connectivity index (χ0v) is 39.8. The van der Waals surface area contributed by atoms with Gasteiger partial charge in [0.05, 0.1) is 57.1 Å². The highest BCUT2D eigenvalue weighted by atomic mass is 32.2. The molecule has 358 valence electrons. The van der Waals surface area contributed by atoms with Gasteiger partial charge in [0.15, 0.2) is 11.8 Å². The zero-order chi connectivity index (χ0) is 48.8. The van der Waals surface area contributed by atoms with Gasteiger partial charge in [0.2, 0.25) is 20.0 Å². The van der Waals surface area contributed by atoms with Crippen molar-refractivity contribution < 1.29 is 45.7 Å². The van der Waals surface area contributed by atoms with Crippen LogP contribution in [0, 0.1) is 0 Å². The lowest BCUT2D eigenvalue weighted by molar-refractivity contribution is 0.0519. The number of imidazole rings is 1. The number of methoxy groups -OCH3 is 3. The molecule has 2 heterocycles. The molecule has 1 unspecified atom stereocenters. The molecule has 0 radical (unpaired) electrons. The number of rotatable bonds is 19. The Hall–Kier alpha value is -7.11. The third-order valence-corrected chi connectivity index (χ3v) is 14.1. The van der Waals surface area contributed by atoms with Gasteiger partial charge in [-0.1, -0.05) is 54.6 Å². The fourth-order valence-corrected chi connectivity index (χ4v) is 11.0. The molecule has 1 amide bonds. The van der Waals surface area contributed by atoms with Crippen molar-refractivity contribution in [3.8, 4) is 39.8 Å². The van der Waals surface area contributed by atoms with E-state index in [-0.39, 0.29) is 42.5 Å². The van der Waals surface area contributed by atoms with Gasteiger partial charge in [-0.3, -0.25) is 0 Å². The number of tetrazole rings is 1. The minimum absolute atomic E-state index is 0.00433. The summed E-state index contributed by atoms with van der Waals surface area (Å²) in [5.74, 6) is 1.61. The monoisotopic (exact) mass is 968 g/mol. The second-order valence-electron chi connectivity index (χ2n) is 16.5. The first-order chi connectivity index (χ1) is 32.4. The maximum Gasteiger partial charge on any atom is 0.407 e. The second kappa shape index (κ2) is 20.4. The molecule has 1 atom stereocenters. The summed E-state index contributed by atoms with van der Waals surface area (Å²) in [6.07, 6.45) is -0.866. The van der Waals surface area contributed by atoms with Crippen molar-refractivity contribution in [2.75, 3.05) is 40.2 Å². The van der Waals surface area contributed by atoms with Crippen LogP contribution < -0.4 is 30.0 Å². The number of amides is 1. The van der Waals surface area contributed by atoms with E-state index in [9.17, 15) is 9.90 Å². The quantitative estimate of drug-likeness (QED) is 0.0706. The molecule has 2 aromatic heterocycles. The number of sulfonamides is 2. The molecule has 6 N–H and O–H groups in total. The molecular formula is C46H52N10O10S2. The standard InChI is InChI=1S/C46H52N10O10S2/c1-46(2,3)66-45(58)48-24-32(28-57)52-67(59,60)39-23-22-36(37-8-7-9-38-41(37)50-44(47)49-38)40(43-51-53-54-56(43)27-31-14-20-35(65-6)21-15-31)42(39)68(61,62)55(25-29-10-16-33(63-4)17-11-29)26-30-12-18-34(64-5)19-13-30/h7-23,32,52,57H,24-28H2,1-6H3,(H,48,58)(H3,47,49,50). The molecule has 22 heteroatoms. The molecule has 68 heavy (non-hydrogen) atoms. The fraction of sp³-hybridized carbons (Fsp3) is 0.283. The number of benzene rings is 5. The molecular weight excluding hydrogens is 917 g/mol. The number of aliphatic hydroxyl groups excluding tert-OH is 1. The van der Waals surface area contributed by atoms with Gasteiger partial charge in [0, 0.05) is 25.2 Å². The third kappa shape index (κ3) is 11.2. The Morgan fingerprint density at radius 2 is 1.38 bits per heavy atom. The van der Waals surface area contributed by atoms with E-state index in [1.54, 1.807) is 112 Å². The van der Waals surface area contributed by atoms with Crippen LogP contribution in [0.1, 0.15) is 37.5 Å². The predicted molar refractivity (Wildman–Crippen MR) is 253 cm³/mol. The minimum atomic E-state index is -5.04. The number of H-pyrrole nitrogens is 1. The number of nitrogen functional groups attached to an aromatic ring is 1. The van der Waals surface area contributed by atoms with Gasteiger partial charge in [-0.2, -0.15) is 4.31 Å². The number of para-hydroxylation sites is 1. The van der Waals surface area contributed by atoms with E-state index in [0.29, 0.717) is 50.5 Å². The normalized spacial score (nSPS) is 12.5. The largest absolute Gasteiger partial charge is 0.497 e. The molecule has 0 spiro atoms. The Morgan fingerprint density at radius 3 is 1.93 bits per heavy atom. The Kier molecular flexibility index (Phi) is 14.6. The summed E-state index contributed by atoms with van der Waals surface area (Å²) >= 11 is 0. The van der Waals surface area contributed by atoms with Crippen LogP contribution in [0.3, 0.4) is 0 Å². The summed E-state index contributed by atoms with van der Waals surface area (Å²) in [7, 11) is -5.46. The zero-order valence-electron chi connectivity index (χ0n) is 38.1. The van der Waals surface area contributed by atoms with Crippen LogP contribution in [0.4, 0.5) is 10.7 Å². The number of anilines is 1. The molecule has 0 aliphatic heterocycles. The number of alkyl carbamates (subject to hydrolysis) is 1. The summed E-state index contributed by atoms with van der Waals surface area (Å²) in [6, 6.07) is 27.0. The number of nitrogens with two attached hydrogens (primary N) is 1. The van der Waals surface area contributed by atoms with Crippen LogP contribution in [-0.2, 0) is 44.4 Å². The maximum atomic E-state index is 16.2. The minimum Gasteiger partial charge on any atom is -0.497 e. The van der Waals surface area contributed by atoms with Crippen LogP contribution in [0.15, 0.2) is 113 Å². The summed E-state index contributed by atoms with van der Waals surface area (Å²) in [4.78, 5) is 18.8. The van der Waals surface area contributed by atoms with Crippen molar-refractivity contribution in [3.05, 3.63) is 120 Å². The molecule has 5 aromatic carbocycles. The highest BCUT2D eigenvalue weighted by Gasteiger charge is 2.39. The number of fused-ring (bicyclic) bond motifs is 1. The van der Waals surface area contributed by atoms with Gasteiger partial charge in [-0.15, -0.1) is 5.10 Å². The van der Waals surface area contributed by atoms with E-state index >= 15 is 16.8 Å². The van der Waals surface area contributed by atoms with E-state index in [0.717, 1.165) is 10.4 Å². The van der Waals surface area contributed by atoms with Gasteiger partial charge < -0.3 is 40.1 Å². The molecule has 0 fully saturated rings. The van der Waals surface area contributed by atoms with Gasteiger partial charge in [0.25, 0.3) is 0 Å². The fourth-order valence-electron chi connectivity index (χ4n) is 7.31. The van der Waals surface area contributed by atoms with Crippen molar-refractivity contribution in [1.82, 2.24) is 44.5 Å². The van der Waals surface area contributed by atoms with Crippen LogP contribution in [0.2, 0.25) is 0 Å². The van der Waals surface area contributed by atoms with E-state index in [1.807, 2.05) is 0 Å². The molecule has 0 bridgehead atoms. The first kappa shape index (κ1) is 48.8. The number of ether oxygens (including phenoxy) is 4. The molecule has 0 saturated heterocycles. The van der Waals surface area contributed by atoms with Crippen molar-refractivity contribution >= 4 is 43.1 Å². The number of carbonyl (C=O) groups excluding carboxylic acids is 1. The Morgan fingerprint density at radius 1 is 0.809 bits per heavy atom. The molecule has 7 aromatic rings. The number of hydrogen-bond donors (Lipinski definition) is 5. The number of aliphatic hydroxyl groups is 1. The Bertz CT molecular complexity index is 3050. The van der Waals surface area contributed by atoms with Crippen molar-refractivity contribution in [2.24, 2.45) is 0 Å². The van der Waals surface area contributed by atoms with Gasteiger partial charge in [0.1, 0.15) is 32.6 Å². The van der Waals surface area contributed by atoms with E-state index in [4.69, 9.17) is 24.7 Å². The number of aromatic amines is 1. The smallest absolute Gasteiger partial charge is 0.407 e. The number of nitrogens with zero attached hydrogens (tertiary/aromatic N) is 6.